The van der Waals surface area contributed by atoms with Crippen LogP contribution in [0.2, 0.25) is 0 Å². The summed E-state index contributed by atoms with van der Waals surface area (Å²) in [6, 6.07) is 25.4. The minimum atomic E-state index is -0.894. The molecule has 4 aromatic rings. The molecular weight excluding hydrogens is 489 g/mol. The van der Waals surface area contributed by atoms with Crippen molar-refractivity contribution in [2.45, 2.75) is 45.7 Å². The summed E-state index contributed by atoms with van der Waals surface area (Å²) in [7, 11) is 0. The molecule has 4 nitrogen and oxygen atoms in total. The van der Waals surface area contributed by atoms with E-state index in [9.17, 15) is 9.18 Å². The van der Waals surface area contributed by atoms with Crippen molar-refractivity contribution in [1.82, 2.24) is 5.32 Å². The Bertz CT molecular complexity index is 1370. The van der Waals surface area contributed by atoms with E-state index in [-0.39, 0.29) is 43.1 Å². The first-order chi connectivity index (χ1) is 17.3. The number of ether oxygens (including phenoxy) is 1. The lowest BCUT2D eigenvalue weighted by molar-refractivity contribution is -0.136. The summed E-state index contributed by atoms with van der Waals surface area (Å²) < 4.78 is 20.2. The zero-order valence-electron chi connectivity index (χ0n) is 21.3. The van der Waals surface area contributed by atoms with Crippen LogP contribution in [0, 0.1) is 5.82 Å². The fraction of sp³-hybridized carbons (Fsp3) is 0.258. The van der Waals surface area contributed by atoms with Gasteiger partial charge in [0.05, 0.1) is 6.61 Å². The Morgan fingerprint density at radius 3 is 2.46 bits per heavy atom. The number of hydrogen-bond acceptors (Lipinski definition) is 3. The van der Waals surface area contributed by atoms with Crippen molar-refractivity contribution in [1.29, 1.82) is 0 Å². The van der Waals surface area contributed by atoms with Crippen molar-refractivity contribution in [3.8, 4) is 16.9 Å². The molecule has 0 aliphatic carbocycles. The van der Waals surface area contributed by atoms with Crippen LogP contribution in [0.4, 0.5) is 4.39 Å². The van der Waals surface area contributed by atoms with Crippen LogP contribution in [-0.4, -0.2) is 17.7 Å². The molecule has 0 fully saturated rings. The smallest absolute Gasteiger partial charge is 0.303 e. The predicted molar refractivity (Wildman–Crippen MR) is 150 cm³/mol. The Labute approximate surface area is 223 Å². The first-order valence-electron chi connectivity index (χ1n) is 12.4. The van der Waals surface area contributed by atoms with E-state index in [1.807, 2.05) is 43.3 Å². The molecule has 0 bridgehead atoms. The van der Waals surface area contributed by atoms with Crippen LogP contribution < -0.4 is 10.1 Å². The maximum Gasteiger partial charge on any atom is 0.303 e. The molecule has 0 amide bonds. The minimum Gasteiger partial charge on any atom is -0.494 e. The van der Waals surface area contributed by atoms with Crippen molar-refractivity contribution >= 4 is 29.1 Å². The molecule has 0 spiro atoms. The van der Waals surface area contributed by atoms with Gasteiger partial charge in [-0.2, -0.15) is 0 Å². The molecule has 0 saturated carbocycles. The van der Waals surface area contributed by atoms with E-state index in [2.05, 4.69) is 49.5 Å². The summed E-state index contributed by atoms with van der Waals surface area (Å²) in [6.45, 7) is 6.85. The van der Waals surface area contributed by atoms with Crippen molar-refractivity contribution in [2.75, 3.05) is 6.61 Å². The number of halogens is 2. The second-order valence-electron chi connectivity index (χ2n) is 9.15. The Hall–Kier alpha value is -3.41. The van der Waals surface area contributed by atoms with E-state index >= 15 is 0 Å². The van der Waals surface area contributed by atoms with Crippen molar-refractivity contribution in [2.24, 2.45) is 0 Å². The van der Waals surface area contributed by atoms with Gasteiger partial charge in [0.15, 0.2) is 0 Å². The van der Waals surface area contributed by atoms with Gasteiger partial charge < -0.3 is 15.2 Å². The first-order valence-corrected chi connectivity index (χ1v) is 12.4. The van der Waals surface area contributed by atoms with E-state index in [0.29, 0.717) is 12.2 Å². The summed E-state index contributed by atoms with van der Waals surface area (Å²) in [4.78, 5) is 11.0. The highest BCUT2D eigenvalue weighted by Gasteiger charge is 2.16. The Kier molecular flexibility index (Phi) is 9.67. The molecule has 0 heterocycles. The van der Waals surface area contributed by atoms with Crippen LogP contribution in [0.5, 0.6) is 5.75 Å². The average Bonchev–Trinajstić information content (AvgIpc) is 2.86. The van der Waals surface area contributed by atoms with Gasteiger partial charge >= 0.3 is 5.97 Å². The van der Waals surface area contributed by atoms with Gasteiger partial charge in [-0.05, 0) is 102 Å². The van der Waals surface area contributed by atoms with Crippen molar-refractivity contribution in [3.63, 3.8) is 0 Å². The van der Waals surface area contributed by atoms with Gasteiger partial charge in [-0.3, -0.25) is 4.79 Å². The predicted octanol–water partition coefficient (Wildman–Crippen LogP) is 7.90. The number of nitrogens with one attached hydrogen (secondary N) is 1. The molecule has 4 aromatic carbocycles. The number of aliphatic carboxylic acids is 1. The number of aryl methyl sites for hydroxylation is 1. The third-order valence-corrected chi connectivity index (χ3v) is 6.45. The molecule has 0 radical (unpaired) electrons. The Balaban J connectivity index is 0.00000380. The molecule has 2 N–H and O–H groups in total. The molecule has 194 valence electrons. The molecule has 0 aliphatic heterocycles. The molecule has 6 heteroatoms. The minimum absolute atomic E-state index is 0. The summed E-state index contributed by atoms with van der Waals surface area (Å²) in [5.74, 6) is -0.403. The van der Waals surface area contributed by atoms with Gasteiger partial charge in [0.2, 0.25) is 0 Å². The molecule has 37 heavy (non-hydrogen) atoms. The second kappa shape index (κ2) is 12.7. The topological polar surface area (TPSA) is 58.6 Å². The second-order valence-corrected chi connectivity index (χ2v) is 9.15. The van der Waals surface area contributed by atoms with Crippen molar-refractivity contribution in [3.05, 3.63) is 101 Å². The normalized spacial score (nSPS) is 12.5. The fourth-order valence-corrected chi connectivity index (χ4v) is 4.63. The highest BCUT2D eigenvalue weighted by molar-refractivity contribution is 5.97. The monoisotopic (exact) mass is 521 g/mol. The third kappa shape index (κ3) is 7.09. The summed E-state index contributed by atoms with van der Waals surface area (Å²) in [5.41, 5.74) is 4.59. The number of carbonyl (C=O) groups is 1. The van der Waals surface area contributed by atoms with Crippen LogP contribution in [0.3, 0.4) is 0 Å². The largest absolute Gasteiger partial charge is 0.494 e. The molecule has 0 aliphatic rings. The number of hydrogen-bond donors (Lipinski definition) is 2. The Morgan fingerprint density at radius 2 is 1.70 bits per heavy atom. The Morgan fingerprint density at radius 1 is 0.946 bits per heavy atom. The third-order valence-electron chi connectivity index (χ3n) is 6.45. The molecule has 0 saturated heterocycles. The van der Waals surface area contributed by atoms with Gasteiger partial charge in [-0.15, -0.1) is 12.4 Å². The number of fused-ring (bicyclic) bond motifs is 1. The quantitative estimate of drug-likeness (QED) is 0.223. The van der Waals surface area contributed by atoms with Gasteiger partial charge in [0.25, 0.3) is 0 Å². The van der Waals surface area contributed by atoms with E-state index < -0.39 is 5.97 Å². The number of carboxylic acids is 1. The standard InChI is InChI=1S/C31H32FNO3.ClH/c1-4-36-28-10-7-9-23(18-28)20(2)33-21(3)25-16-24-8-5-6-11-29(24)30(19-25)26-14-22(12-13-31(34)35)15-27(32)17-26;/h5-11,14-21,33H,4,12-13H2,1-3H3,(H,34,35);1H/t20-,21?;/m1./s1. The maximum absolute atomic E-state index is 14.6. The van der Waals surface area contributed by atoms with Crippen LogP contribution in [0.25, 0.3) is 21.9 Å². The molecule has 0 aromatic heterocycles. The summed E-state index contributed by atoms with van der Waals surface area (Å²) in [5, 5.41) is 14.8. The highest BCUT2D eigenvalue weighted by atomic mass is 35.5. The zero-order valence-corrected chi connectivity index (χ0v) is 22.1. The van der Waals surface area contributed by atoms with Gasteiger partial charge in [0, 0.05) is 18.5 Å². The van der Waals surface area contributed by atoms with E-state index in [0.717, 1.165) is 38.8 Å². The molecular formula is C31H33ClFNO3. The van der Waals surface area contributed by atoms with Gasteiger partial charge in [-0.25, -0.2) is 4.39 Å². The van der Waals surface area contributed by atoms with E-state index in [4.69, 9.17) is 9.84 Å². The van der Waals surface area contributed by atoms with Crippen LogP contribution in [-0.2, 0) is 11.2 Å². The molecule has 4 rings (SSSR count). The van der Waals surface area contributed by atoms with E-state index in [1.54, 1.807) is 0 Å². The lowest BCUT2D eigenvalue weighted by Crippen LogP contribution is -2.22. The van der Waals surface area contributed by atoms with Crippen LogP contribution in [0.1, 0.15) is 56.0 Å². The zero-order chi connectivity index (χ0) is 25.7. The highest BCUT2D eigenvalue weighted by Crippen LogP contribution is 2.34. The number of benzene rings is 4. The van der Waals surface area contributed by atoms with E-state index in [1.165, 1.54) is 12.1 Å². The van der Waals surface area contributed by atoms with Crippen LogP contribution in [0.15, 0.2) is 78.9 Å². The molecule has 1 unspecified atom stereocenters. The lowest BCUT2D eigenvalue weighted by atomic mass is 9.92. The van der Waals surface area contributed by atoms with Crippen molar-refractivity contribution < 1.29 is 19.0 Å². The van der Waals surface area contributed by atoms with Gasteiger partial charge in [0.1, 0.15) is 11.6 Å². The first kappa shape index (κ1) is 28.2. The SMILES string of the molecule is CCOc1cccc([C@@H](C)NC(C)c2cc(-c3cc(F)cc(CCC(=O)O)c3)c3ccccc3c2)c1.Cl. The average molecular weight is 522 g/mol. The summed E-state index contributed by atoms with van der Waals surface area (Å²) >= 11 is 0. The number of rotatable bonds is 10. The summed E-state index contributed by atoms with van der Waals surface area (Å²) in [6.07, 6.45) is 0.251. The maximum atomic E-state index is 14.6. The lowest BCUT2D eigenvalue weighted by Gasteiger charge is -2.23. The van der Waals surface area contributed by atoms with Crippen LogP contribution >= 0.6 is 12.4 Å². The van der Waals surface area contributed by atoms with Gasteiger partial charge in [-0.1, -0.05) is 42.5 Å². The number of carboxylic acid groups (broad SMARTS) is 1. The molecule has 2 atom stereocenters. The fourth-order valence-electron chi connectivity index (χ4n) is 4.63.